The second-order valence-corrected chi connectivity index (χ2v) is 3.30. The average molecular weight is 188 g/mol. The largest absolute Gasteiger partial charge is 0.322 e. The van der Waals surface area contributed by atoms with E-state index in [1.54, 1.807) is 12.3 Å². The van der Waals surface area contributed by atoms with E-state index in [2.05, 4.69) is 9.97 Å². The molecule has 0 aromatic carbocycles. The molecule has 4 heteroatoms. The summed E-state index contributed by atoms with van der Waals surface area (Å²) in [4.78, 5) is 7.97. The molecule has 0 aliphatic heterocycles. The first kappa shape index (κ1) is 9.05. The van der Waals surface area contributed by atoms with Crippen molar-refractivity contribution >= 4 is 0 Å². The number of aromatic nitrogens is 2. The lowest BCUT2D eigenvalue weighted by Crippen LogP contribution is -2.51. The maximum atomic E-state index is 6.17. The maximum absolute atomic E-state index is 6.17. The third kappa shape index (κ3) is 1.34. The highest BCUT2D eigenvalue weighted by molar-refractivity contribution is 5.33. The maximum Gasteiger partial charge on any atom is 0.115 e. The van der Waals surface area contributed by atoms with Crippen molar-refractivity contribution in [3.05, 3.63) is 48.6 Å². The molecule has 0 spiro atoms. The molecule has 14 heavy (non-hydrogen) atoms. The zero-order valence-electron chi connectivity index (χ0n) is 7.67. The first-order valence-electron chi connectivity index (χ1n) is 4.40. The molecule has 1 aromatic heterocycles. The van der Waals surface area contributed by atoms with E-state index in [9.17, 15) is 0 Å². The Morgan fingerprint density at radius 2 is 2.21 bits per heavy atom. The van der Waals surface area contributed by atoms with Crippen molar-refractivity contribution in [2.75, 3.05) is 0 Å². The van der Waals surface area contributed by atoms with Gasteiger partial charge in [0, 0.05) is 6.20 Å². The summed E-state index contributed by atoms with van der Waals surface area (Å²) in [6, 6.07) is 1.53. The number of hydrogen-bond donors (Lipinski definition) is 2. The molecular weight excluding hydrogens is 176 g/mol. The van der Waals surface area contributed by atoms with E-state index in [1.165, 1.54) is 6.33 Å². The molecule has 4 nitrogen and oxygen atoms in total. The van der Waals surface area contributed by atoms with Gasteiger partial charge in [0.2, 0.25) is 0 Å². The third-order valence-electron chi connectivity index (χ3n) is 2.38. The molecule has 0 saturated carbocycles. The predicted molar refractivity (Wildman–Crippen MR) is 54.2 cm³/mol. The van der Waals surface area contributed by atoms with Gasteiger partial charge in [0.25, 0.3) is 0 Å². The normalized spacial score (nSPS) is 30.6. The molecule has 0 radical (unpaired) electrons. The minimum absolute atomic E-state index is 0.248. The van der Waals surface area contributed by atoms with Gasteiger partial charge in [-0.1, -0.05) is 24.3 Å². The van der Waals surface area contributed by atoms with Crippen LogP contribution in [0.5, 0.6) is 0 Å². The molecule has 2 atom stereocenters. The van der Waals surface area contributed by atoms with Crippen LogP contribution >= 0.6 is 0 Å². The zero-order valence-corrected chi connectivity index (χ0v) is 7.67. The predicted octanol–water partition coefficient (Wildman–Crippen LogP) is 0.0839. The number of allylic oxidation sites excluding steroid dienone is 2. The van der Waals surface area contributed by atoms with Gasteiger partial charge >= 0.3 is 0 Å². The van der Waals surface area contributed by atoms with E-state index in [-0.39, 0.29) is 6.04 Å². The molecular formula is C10H12N4. The van der Waals surface area contributed by atoms with Crippen LogP contribution in [-0.4, -0.2) is 16.0 Å². The number of nitrogens with two attached hydrogens (primary N) is 2. The van der Waals surface area contributed by atoms with Gasteiger partial charge in [-0.05, 0) is 6.07 Å². The fraction of sp³-hybridized carbons (Fsp3) is 0.200. The summed E-state index contributed by atoms with van der Waals surface area (Å²) in [6.07, 6.45) is 10.6. The lowest BCUT2D eigenvalue weighted by molar-refractivity contribution is 0.477. The number of hydrogen-bond acceptors (Lipinski definition) is 4. The molecule has 1 aliphatic rings. The number of nitrogens with zero attached hydrogens (tertiary/aromatic N) is 2. The van der Waals surface area contributed by atoms with Gasteiger partial charge in [0.15, 0.2) is 0 Å². The Kier molecular flexibility index (Phi) is 2.15. The fourth-order valence-corrected chi connectivity index (χ4v) is 1.47. The molecule has 0 bridgehead atoms. The van der Waals surface area contributed by atoms with Crippen molar-refractivity contribution in [3.8, 4) is 0 Å². The molecule has 4 N–H and O–H groups in total. The lowest BCUT2D eigenvalue weighted by Gasteiger charge is -2.31. The summed E-state index contributed by atoms with van der Waals surface area (Å²) in [5, 5.41) is 0. The molecule has 1 aromatic rings. The molecule has 0 amide bonds. The van der Waals surface area contributed by atoms with Crippen LogP contribution in [0.3, 0.4) is 0 Å². The summed E-state index contributed by atoms with van der Waals surface area (Å²) in [6.45, 7) is 0. The van der Waals surface area contributed by atoms with Gasteiger partial charge < -0.3 is 11.5 Å². The van der Waals surface area contributed by atoms with Crippen LogP contribution in [0.2, 0.25) is 0 Å². The summed E-state index contributed by atoms with van der Waals surface area (Å²) in [7, 11) is 0. The fourth-order valence-electron chi connectivity index (χ4n) is 1.47. The summed E-state index contributed by atoms with van der Waals surface area (Å²) in [5.41, 5.74) is 12.1. The van der Waals surface area contributed by atoms with Crippen LogP contribution in [0.15, 0.2) is 42.9 Å². The second-order valence-electron chi connectivity index (χ2n) is 3.30. The average Bonchev–Trinajstić information content (AvgIpc) is 2.24. The van der Waals surface area contributed by atoms with Crippen LogP contribution in [0.4, 0.5) is 0 Å². The second kappa shape index (κ2) is 3.32. The van der Waals surface area contributed by atoms with Crippen molar-refractivity contribution in [2.45, 2.75) is 11.6 Å². The van der Waals surface area contributed by atoms with Crippen LogP contribution < -0.4 is 11.5 Å². The van der Waals surface area contributed by atoms with E-state index in [0.29, 0.717) is 0 Å². The monoisotopic (exact) mass is 188 g/mol. The molecule has 0 fully saturated rings. The van der Waals surface area contributed by atoms with Gasteiger partial charge in [0.05, 0.1) is 17.3 Å². The number of rotatable bonds is 1. The quantitative estimate of drug-likeness (QED) is 0.654. The highest BCUT2D eigenvalue weighted by Gasteiger charge is 2.32. The van der Waals surface area contributed by atoms with Crippen molar-refractivity contribution in [2.24, 2.45) is 11.5 Å². The Morgan fingerprint density at radius 3 is 2.86 bits per heavy atom. The summed E-state index contributed by atoms with van der Waals surface area (Å²) < 4.78 is 0. The van der Waals surface area contributed by atoms with Gasteiger partial charge in [-0.25, -0.2) is 9.97 Å². The Hall–Kier alpha value is -1.52. The van der Waals surface area contributed by atoms with Crippen molar-refractivity contribution in [1.29, 1.82) is 0 Å². The molecule has 2 unspecified atom stereocenters. The SMILES string of the molecule is NC1C=CC=CC1(N)c1ccncn1. The molecule has 2 rings (SSSR count). The molecule has 1 aliphatic carbocycles. The first-order valence-corrected chi connectivity index (χ1v) is 4.40. The Bertz CT molecular complexity index is 371. The van der Waals surface area contributed by atoms with Gasteiger partial charge in [-0.3, -0.25) is 0 Å². The lowest BCUT2D eigenvalue weighted by atomic mass is 9.84. The van der Waals surface area contributed by atoms with Crippen molar-refractivity contribution in [1.82, 2.24) is 9.97 Å². The van der Waals surface area contributed by atoms with Crippen molar-refractivity contribution < 1.29 is 0 Å². The zero-order chi connectivity index (χ0) is 10.0. The van der Waals surface area contributed by atoms with E-state index in [0.717, 1.165) is 5.69 Å². The highest BCUT2D eigenvalue weighted by atomic mass is 14.9. The summed E-state index contributed by atoms with van der Waals surface area (Å²) in [5.74, 6) is 0. The van der Waals surface area contributed by atoms with Crippen molar-refractivity contribution in [3.63, 3.8) is 0 Å². The standard InChI is InChI=1S/C10H12N4/c11-8-3-1-2-5-10(8,12)9-4-6-13-7-14-9/h1-8H,11-12H2. The van der Waals surface area contributed by atoms with Gasteiger partial charge in [-0.15, -0.1) is 0 Å². The molecule has 0 saturated heterocycles. The van der Waals surface area contributed by atoms with Crippen LogP contribution in [-0.2, 0) is 5.54 Å². The van der Waals surface area contributed by atoms with E-state index < -0.39 is 5.54 Å². The van der Waals surface area contributed by atoms with E-state index >= 15 is 0 Å². The van der Waals surface area contributed by atoms with Crippen LogP contribution in [0.25, 0.3) is 0 Å². The van der Waals surface area contributed by atoms with Crippen LogP contribution in [0, 0.1) is 0 Å². The summed E-state index contributed by atoms with van der Waals surface area (Å²) >= 11 is 0. The highest BCUT2D eigenvalue weighted by Crippen LogP contribution is 2.23. The minimum atomic E-state index is -0.711. The Labute approximate surface area is 82.4 Å². The smallest absolute Gasteiger partial charge is 0.115 e. The van der Waals surface area contributed by atoms with E-state index in [1.807, 2.05) is 24.3 Å². The van der Waals surface area contributed by atoms with Gasteiger partial charge in [0.1, 0.15) is 6.33 Å². The first-order chi connectivity index (χ1) is 6.73. The molecule has 72 valence electrons. The topological polar surface area (TPSA) is 77.8 Å². The minimum Gasteiger partial charge on any atom is -0.322 e. The van der Waals surface area contributed by atoms with Crippen LogP contribution in [0.1, 0.15) is 5.69 Å². The Balaban J connectivity index is 2.42. The van der Waals surface area contributed by atoms with Gasteiger partial charge in [-0.2, -0.15) is 0 Å². The third-order valence-corrected chi connectivity index (χ3v) is 2.38. The Morgan fingerprint density at radius 1 is 1.36 bits per heavy atom. The molecule has 1 heterocycles. The van der Waals surface area contributed by atoms with E-state index in [4.69, 9.17) is 11.5 Å².